The molecule has 1 aliphatic rings. The first-order chi connectivity index (χ1) is 10.5. The summed E-state index contributed by atoms with van der Waals surface area (Å²) in [6, 6.07) is 5.90. The van der Waals surface area contributed by atoms with Crippen LogP contribution in [0.15, 0.2) is 29.2 Å². The molecule has 0 unspecified atom stereocenters. The fourth-order valence-electron chi connectivity index (χ4n) is 2.28. The van der Waals surface area contributed by atoms with Crippen molar-refractivity contribution in [3.05, 3.63) is 24.3 Å². The molecule has 1 aromatic rings. The lowest BCUT2D eigenvalue weighted by molar-refractivity contribution is -0.143. The van der Waals surface area contributed by atoms with E-state index in [2.05, 4.69) is 5.32 Å². The fourth-order valence-corrected chi connectivity index (χ4v) is 2.84. The summed E-state index contributed by atoms with van der Waals surface area (Å²) in [4.78, 5) is 24.9. The molecule has 0 aliphatic carbocycles. The van der Waals surface area contributed by atoms with Gasteiger partial charge < -0.3 is 15.3 Å². The molecule has 5 nitrogen and oxygen atoms in total. The Morgan fingerprint density at radius 3 is 2.59 bits per heavy atom. The quantitative estimate of drug-likeness (QED) is 0.831. The number of carbonyl (C=O) groups excluding carboxylic acids is 1. The summed E-state index contributed by atoms with van der Waals surface area (Å²) < 4.78 is 24.7. The number of nitrogens with zero attached hydrogens (tertiary/aromatic N) is 1. The van der Waals surface area contributed by atoms with Crippen molar-refractivity contribution in [1.29, 1.82) is 0 Å². The van der Waals surface area contributed by atoms with Crippen LogP contribution in [0.5, 0.6) is 0 Å². The molecule has 0 radical (unpaired) electrons. The van der Waals surface area contributed by atoms with Gasteiger partial charge in [-0.1, -0.05) is 17.8 Å². The molecule has 1 fully saturated rings. The molecule has 22 heavy (non-hydrogen) atoms. The predicted octanol–water partition coefficient (Wildman–Crippen LogP) is 3.33. The fraction of sp³-hybridized carbons (Fsp3) is 0.429. The number of carboxylic acid groups (broad SMARTS) is 1. The van der Waals surface area contributed by atoms with Crippen molar-refractivity contribution in [2.24, 2.45) is 5.92 Å². The number of nitrogens with one attached hydrogen (secondary N) is 1. The van der Waals surface area contributed by atoms with E-state index in [9.17, 15) is 18.4 Å². The first kappa shape index (κ1) is 16.5. The van der Waals surface area contributed by atoms with Gasteiger partial charge in [-0.15, -0.1) is 0 Å². The summed E-state index contributed by atoms with van der Waals surface area (Å²) in [6.07, 6.45) is 0.841. The molecule has 1 aromatic carbocycles. The number of urea groups is 1. The summed E-state index contributed by atoms with van der Waals surface area (Å²) in [5, 5.41) is 11.6. The number of hydrogen-bond acceptors (Lipinski definition) is 3. The van der Waals surface area contributed by atoms with Crippen LogP contribution in [0.3, 0.4) is 0 Å². The number of benzene rings is 1. The molecular formula is C14H16F2N2O3S. The number of piperidine rings is 1. The second-order valence-corrected chi connectivity index (χ2v) is 6.00. The van der Waals surface area contributed by atoms with Crippen molar-refractivity contribution >= 4 is 29.4 Å². The Morgan fingerprint density at radius 1 is 1.32 bits per heavy atom. The molecule has 2 amide bonds. The Labute approximate surface area is 130 Å². The van der Waals surface area contributed by atoms with Crippen LogP contribution in [0.2, 0.25) is 0 Å². The summed E-state index contributed by atoms with van der Waals surface area (Å²) in [5.74, 6) is -3.76. The smallest absolute Gasteiger partial charge is 0.321 e. The zero-order chi connectivity index (χ0) is 16.1. The van der Waals surface area contributed by atoms with Gasteiger partial charge in [0, 0.05) is 23.7 Å². The Morgan fingerprint density at radius 2 is 2.00 bits per heavy atom. The number of anilines is 1. The third-order valence-electron chi connectivity index (χ3n) is 3.44. The lowest BCUT2D eigenvalue weighted by atomic mass is 9.97. The molecule has 0 atom stereocenters. The standard InChI is InChI=1S/C14H16F2N2O3S/c15-13(16)22-11-3-1-2-10(8-11)17-14(21)18-6-4-9(5-7-18)12(19)20/h1-3,8-9,13H,4-7H2,(H,17,21)(H,19,20). The number of carboxylic acids is 1. The maximum Gasteiger partial charge on any atom is 0.321 e. The molecule has 0 aromatic heterocycles. The van der Waals surface area contributed by atoms with Crippen LogP contribution in [0, 0.1) is 5.92 Å². The van der Waals surface area contributed by atoms with E-state index in [1.54, 1.807) is 18.2 Å². The predicted molar refractivity (Wildman–Crippen MR) is 79.3 cm³/mol. The molecule has 0 bridgehead atoms. The largest absolute Gasteiger partial charge is 0.481 e. The minimum Gasteiger partial charge on any atom is -0.481 e. The zero-order valence-corrected chi connectivity index (χ0v) is 12.5. The normalized spacial score (nSPS) is 15.9. The highest BCUT2D eigenvalue weighted by molar-refractivity contribution is 7.99. The first-order valence-electron chi connectivity index (χ1n) is 6.79. The van der Waals surface area contributed by atoms with Gasteiger partial charge >= 0.3 is 12.0 Å². The third kappa shape index (κ3) is 4.59. The summed E-state index contributed by atoms with van der Waals surface area (Å²) in [6.45, 7) is 0.739. The van der Waals surface area contributed by atoms with Crippen LogP contribution in [0.1, 0.15) is 12.8 Å². The number of hydrogen-bond donors (Lipinski definition) is 2. The van der Waals surface area contributed by atoms with E-state index in [-0.39, 0.29) is 6.03 Å². The van der Waals surface area contributed by atoms with Crippen LogP contribution in [0.4, 0.5) is 19.3 Å². The van der Waals surface area contributed by atoms with Gasteiger partial charge in [0.2, 0.25) is 0 Å². The van der Waals surface area contributed by atoms with Crippen LogP contribution in [-0.2, 0) is 4.79 Å². The molecule has 0 saturated carbocycles. The third-order valence-corrected chi connectivity index (χ3v) is 4.15. The Hall–Kier alpha value is -1.83. The number of amides is 2. The summed E-state index contributed by atoms with van der Waals surface area (Å²) in [7, 11) is 0. The Balaban J connectivity index is 1.91. The second-order valence-electron chi connectivity index (χ2n) is 4.94. The van der Waals surface area contributed by atoms with Crippen LogP contribution in [-0.4, -0.2) is 40.9 Å². The van der Waals surface area contributed by atoms with Gasteiger partial charge in [-0.05, 0) is 31.0 Å². The lowest BCUT2D eigenvalue weighted by Gasteiger charge is -2.30. The Kier molecular flexibility index (Phi) is 5.59. The van der Waals surface area contributed by atoms with Crippen molar-refractivity contribution in [1.82, 2.24) is 4.90 Å². The van der Waals surface area contributed by atoms with Gasteiger partial charge in [0.05, 0.1) is 5.92 Å². The maximum absolute atomic E-state index is 12.3. The number of likely N-dealkylation sites (tertiary alicyclic amines) is 1. The molecule has 2 rings (SSSR count). The highest BCUT2D eigenvalue weighted by Crippen LogP contribution is 2.27. The van der Waals surface area contributed by atoms with Gasteiger partial charge in [0.25, 0.3) is 5.76 Å². The lowest BCUT2D eigenvalue weighted by Crippen LogP contribution is -2.42. The van der Waals surface area contributed by atoms with Crippen molar-refractivity contribution in [2.45, 2.75) is 23.5 Å². The average Bonchev–Trinajstić information content (AvgIpc) is 2.47. The van der Waals surface area contributed by atoms with Crippen LogP contribution < -0.4 is 5.32 Å². The second kappa shape index (κ2) is 7.44. The number of thioether (sulfide) groups is 1. The number of alkyl halides is 2. The number of halogens is 2. The maximum atomic E-state index is 12.3. The van der Waals surface area contributed by atoms with E-state index >= 15 is 0 Å². The molecule has 1 aliphatic heterocycles. The van der Waals surface area contributed by atoms with E-state index in [1.807, 2.05) is 0 Å². The number of rotatable bonds is 4. The molecule has 2 N–H and O–H groups in total. The van der Waals surface area contributed by atoms with Gasteiger partial charge in [0.1, 0.15) is 0 Å². The zero-order valence-electron chi connectivity index (χ0n) is 11.7. The monoisotopic (exact) mass is 330 g/mol. The van der Waals surface area contributed by atoms with E-state index in [4.69, 9.17) is 5.11 Å². The van der Waals surface area contributed by atoms with Gasteiger partial charge in [0.15, 0.2) is 0 Å². The molecule has 120 valence electrons. The van der Waals surface area contributed by atoms with Crippen molar-refractivity contribution in [3.8, 4) is 0 Å². The minimum absolute atomic E-state index is 0.344. The summed E-state index contributed by atoms with van der Waals surface area (Å²) >= 11 is 0.415. The molecule has 1 saturated heterocycles. The van der Waals surface area contributed by atoms with E-state index in [0.29, 0.717) is 48.3 Å². The number of carbonyl (C=O) groups is 2. The van der Waals surface area contributed by atoms with Crippen molar-refractivity contribution in [2.75, 3.05) is 18.4 Å². The van der Waals surface area contributed by atoms with Crippen LogP contribution in [0.25, 0.3) is 0 Å². The number of aliphatic carboxylic acids is 1. The highest BCUT2D eigenvalue weighted by atomic mass is 32.2. The van der Waals surface area contributed by atoms with Crippen molar-refractivity contribution in [3.63, 3.8) is 0 Å². The molecule has 8 heteroatoms. The SMILES string of the molecule is O=C(O)C1CCN(C(=O)Nc2cccc(SC(F)F)c2)CC1. The molecule has 1 heterocycles. The van der Waals surface area contributed by atoms with Crippen LogP contribution >= 0.6 is 11.8 Å². The van der Waals surface area contributed by atoms with Gasteiger partial charge in [-0.3, -0.25) is 4.79 Å². The van der Waals surface area contributed by atoms with Gasteiger partial charge in [-0.2, -0.15) is 8.78 Å². The molecular weight excluding hydrogens is 314 g/mol. The minimum atomic E-state index is -2.51. The highest BCUT2D eigenvalue weighted by Gasteiger charge is 2.26. The Bertz CT molecular complexity index is 549. The van der Waals surface area contributed by atoms with Crippen molar-refractivity contribution < 1.29 is 23.5 Å². The van der Waals surface area contributed by atoms with E-state index in [1.165, 1.54) is 11.0 Å². The first-order valence-corrected chi connectivity index (χ1v) is 7.67. The topological polar surface area (TPSA) is 69.6 Å². The van der Waals surface area contributed by atoms with E-state index < -0.39 is 17.6 Å². The van der Waals surface area contributed by atoms with Gasteiger partial charge in [-0.25, -0.2) is 4.79 Å². The van der Waals surface area contributed by atoms with E-state index in [0.717, 1.165) is 0 Å². The summed E-state index contributed by atoms with van der Waals surface area (Å²) in [5.41, 5.74) is 0.441. The molecule has 0 spiro atoms. The average molecular weight is 330 g/mol.